The van der Waals surface area contributed by atoms with Crippen LogP contribution in [0.4, 0.5) is 0 Å². The van der Waals surface area contributed by atoms with Crippen LogP contribution in [0.5, 0.6) is 0 Å². The molecule has 112 valence electrons. The Balaban J connectivity index is 2.32. The molecule has 3 N–H and O–H groups in total. The number of halogens is 2. The predicted octanol–water partition coefficient (Wildman–Crippen LogP) is 2.80. The molecule has 1 aromatic carbocycles. The van der Waals surface area contributed by atoms with Gasteiger partial charge >= 0.3 is 0 Å². The van der Waals surface area contributed by atoms with E-state index in [4.69, 9.17) is 28.9 Å². The van der Waals surface area contributed by atoms with Gasteiger partial charge in [-0.05, 0) is 23.8 Å². The summed E-state index contributed by atoms with van der Waals surface area (Å²) in [6.45, 7) is 0.223. The van der Waals surface area contributed by atoms with Gasteiger partial charge in [-0.15, -0.1) is 0 Å². The molecule has 2 heterocycles. The molecule has 0 amide bonds. The molecule has 1 atom stereocenters. The Morgan fingerprint density at radius 2 is 1.95 bits per heavy atom. The number of aromatic amines is 1. The van der Waals surface area contributed by atoms with Crippen molar-refractivity contribution >= 4 is 23.2 Å². The van der Waals surface area contributed by atoms with Crippen LogP contribution >= 0.6 is 23.2 Å². The van der Waals surface area contributed by atoms with E-state index in [1.165, 1.54) is 0 Å². The smallest absolute Gasteiger partial charge is 0.146 e. The predicted molar refractivity (Wildman–Crippen MR) is 86.0 cm³/mol. The minimum Gasteiger partial charge on any atom is -0.347 e. The van der Waals surface area contributed by atoms with Gasteiger partial charge < -0.3 is 10.7 Å². The molecule has 0 aliphatic rings. The van der Waals surface area contributed by atoms with E-state index in [2.05, 4.69) is 19.9 Å². The van der Waals surface area contributed by atoms with Crippen LogP contribution in [0.25, 0.3) is 0 Å². The number of aromatic nitrogens is 4. The molecule has 0 radical (unpaired) electrons. The molecule has 0 aliphatic carbocycles. The number of benzene rings is 1. The van der Waals surface area contributed by atoms with Crippen LogP contribution in [0.1, 0.15) is 17.1 Å². The van der Waals surface area contributed by atoms with Crippen molar-refractivity contribution in [2.75, 3.05) is 6.54 Å². The summed E-state index contributed by atoms with van der Waals surface area (Å²) in [4.78, 5) is 16.0. The van der Waals surface area contributed by atoms with Crippen molar-refractivity contribution in [1.82, 2.24) is 19.9 Å². The van der Waals surface area contributed by atoms with Gasteiger partial charge in [-0.25, -0.2) is 15.0 Å². The molecule has 1 unspecified atom stereocenters. The Hall–Kier alpha value is -1.95. The zero-order valence-electron chi connectivity index (χ0n) is 11.5. The number of H-pyrrole nitrogens is 1. The van der Waals surface area contributed by atoms with Gasteiger partial charge in [0, 0.05) is 35.2 Å². The highest BCUT2D eigenvalue weighted by Gasteiger charge is 2.40. The molecular formula is C15H13Cl2N5. The second-order valence-corrected chi connectivity index (χ2v) is 5.61. The van der Waals surface area contributed by atoms with E-state index < -0.39 is 5.41 Å². The van der Waals surface area contributed by atoms with Crippen molar-refractivity contribution < 1.29 is 0 Å². The summed E-state index contributed by atoms with van der Waals surface area (Å²) < 4.78 is 0. The number of nitrogens with one attached hydrogen (secondary N) is 1. The zero-order chi connectivity index (χ0) is 15.6. The van der Waals surface area contributed by atoms with E-state index in [1.807, 2.05) is 6.07 Å². The van der Waals surface area contributed by atoms with Crippen LogP contribution in [-0.4, -0.2) is 26.5 Å². The van der Waals surface area contributed by atoms with Crippen molar-refractivity contribution in [1.29, 1.82) is 0 Å². The normalized spacial score (nSPS) is 13.8. The molecule has 3 aromatic rings. The third kappa shape index (κ3) is 2.37. The minimum absolute atomic E-state index is 0.223. The minimum atomic E-state index is -0.820. The van der Waals surface area contributed by atoms with E-state index in [-0.39, 0.29) is 6.54 Å². The van der Waals surface area contributed by atoms with E-state index in [0.29, 0.717) is 15.9 Å². The van der Waals surface area contributed by atoms with Gasteiger partial charge in [0.2, 0.25) is 0 Å². The molecule has 0 bridgehead atoms. The summed E-state index contributed by atoms with van der Waals surface area (Å²) in [6, 6.07) is 7.05. The molecular weight excluding hydrogens is 321 g/mol. The number of rotatable bonds is 4. The second kappa shape index (κ2) is 6.04. The van der Waals surface area contributed by atoms with Crippen LogP contribution < -0.4 is 5.73 Å². The summed E-state index contributed by atoms with van der Waals surface area (Å²) in [5.74, 6) is 0.547. The van der Waals surface area contributed by atoms with Crippen molar-refractivity contribution in [3.63, 3.8) is 0 Å². The topological polar surface area (TPSA) is 80.5 Å². The summed E-state index contributed by atoms with van der Waals surface area (Å²) in [7, 11) is 0. The first-order valence-corrected chi connectivity index (χ1v) is 7.36. The lowest BCUT2D eigenvalue weighted by Gasteiger charge is -2.31. The fourth-order valence-electron chi connectivity index (χ4n) is 2.54. The number of imidazole rings is 1. The molecule has 0 aliphatic heterocycles. The van der Waals surface area contributed by atoms with Crippen LogP contribution in [0.15, 0.2) is 49.2 Å². The first kappa shape index (κ1) is 15.0. The van der Waals surface area contributed by atoms with Gasteiger partial charge in [-0.3, -0.25) is 0 Å². The lowest BCUT2D eigenvalue weighted by molar-refractivity contribution is 0.570. The van der Waals surface area contributed by atoms with Crippen LogP contribution in [0.3, 0.4) is 0 Å². The second-order valence-electron chi connectivity index (χ2n) is 4.77. The third-order valence-corrected chi connectivity index (χ3v) is 4.15. The number of hydrogen-bond acceptors (Lipinski definition) is 4. The van der Waals surface area contributed by atoms with Gasteiger partial charge in [-0.2, -0.15) is 0 Å². The maximum atomic E-state index is 6.43. The monoisotopic (exact) mass is 333 g/mol. The van der Waals surface area contributed by atoms with Crippen molar-refractivity contribution in [3.05, 3.63) is 76.3 Å². The summed E-state index contributed by atoms with van der Waals surface area (Å²) >= 11 is 12.4. The Morgan fingerprint density at radius 3 is 2.55 bits per heavy atom. The van der Waals surface area contributed by atoms with E-state index in [9.17, 15) is 0 Å². The van der Waals surface area contributed by atoms with E-state index >= 15 is 0 Å². The van der Waals surface area contributed by atoms with E-state index in [0.717, 1.165) is 11.3 Å². The third-order valence-electron chi connectivity index (χ3n) is 3.60. The fourth-order valence-corrected chi connectivity index (χ4v) is 3.11. The highest BCUT2D eigenvalue weighted by molar-refractivity contribution is 6.35. The molecule has 2 aromatic heterocycles. The highest BCUT2D eigenvalue weighted by Crippen LogP contribution is 2.39. The van der Waals surface area contributed by atoms with Crippen molar-refractivity contribution in [3.8, 4) is 0 Å². The largest absolute Gasteiger partial charge is 0.347 e. The lowest BCUT2D eigenvalue weighted by atomic mass is 9.76. The quantitative estimate of drug-likeness (QED) is 0.769. The van der Waals surface area contributed by atoms with Crippen molar-refractivity contribution in [2.45, 2.75) is 5.41 Å². The average molecular weight is 334 g/mol. The molecule has 0 saturated carbocycles. The van der Waals surface area contributed by atoms with Crippen molar-refractivity contribution in [2.24, 2.45) is 5.73 Å². The van der Waals surface area contributed by atoms with E-state index in [1.54, 1.807) is 43.1 Å². The standard InChI is InChI=1S/C15H13Cl2N5/c16-10-2-3-11(12(17)6-10)15(8-18,13-7-19-9-22-13)14-20-4-1-5-21-14/h1-7,9H,8,18H2,(H,19,22). The van der Waals surface area contributed by atoms with Gasteiger partial charge in [-0.1, -0.05) is 29.3 Å². The highest BCUT2D eigenvalue weighted by atomic mass is 35.5. The summed E-state index contributed by atoms with van der Waals surface area (Å²) in [5.41, 5.74) is 6.87. The molecule has 0 spiro atoms. The number of nitrogens with two attached hydrogens (primary N) is 1. The van der Waals surface area contributed by atoms with Gasteiger partial charge in [0.05, 0.1) is 12.0 Å². The van der Waals surface area contributed by atoms with Gasteiger partial charge in [0.25, 0.3) is 0 Å². The first-order valence-electron chi connectivity index (χ1n) is 6.60. The SMILES string of the molecule is NCC(c1ncccn1)(c1cnc[nH]1)c1ccc(Cl)cc1Cl. The van der Waals surface area contributed by atoms with Crippen LogP contribution in [-0.2, 0) is 5.41 Å². The molecule has 0 saturated heterocycles. The van der Waals surface area contributed by atoms with Crippen LogP contribution in [0, 0.1) is 0 Å². The maximum absolute atomic E-state index is 6.43. The Labute approximate surface area is 137 Å². The Bertz CT molecular complexity index is 761. The van der Waals surface area contributed by atoms with Crippen LogP contribution in [0.2, 0.25) is 10.0 Å². The fraction of sp³-hybridized carbons (Fsp3) is 0.133. The zero-order valence-corrected chi connectivity index (χ0v) is 13.0. The molecule has 22 heavy (non-hydrogen) atoms. The molecule has 0 fully saturated rings. The Kier molecular flexibility index (Phi) is 4.11. The number of hydrogen-bond donors (Lipinski definition) is 2. The number of nitrogens with zero attached hydrogens (tertiary/aromatic N) is 3. The van der Waals surface area contributed by atoms with Gasteiger partial charge in [0.15, 0.2) is 0 Å². The molecule has 3 rings (SSSR count). The Morgan fingerprint density at radius 1 is 1.18 bits per heavy atom. The lowest BCUT2D eigenvalue weighted by Crippen LogP contribution is -2.40. The molecule has 7 heteroatoms. The summed E-state index contributed by atoms with van der Waals surface area (Å²) in [5, 5.41) is 1.05. The summed E-state index contributed by atoms with van der Waals surface area (Å²) in [6.07, 6.45) is 6.64. The molecule has 5 nitrogen and oxygen atoms in total. The van der Waals surface area contributed by atoms with Gasteiger partial charge in [0.1, 0.15) is 11.2 Å². The first-order chi connectivity index (χ1) is 10.7. The maximum Gasteiger partial charge on any atom is 0.146 e. The average Bonchev–Trinajstić information content (AvgIpc) is 3.06.